The Balaban J connectivity index is 1.49. The van der Waals surface area contributed by atoms with Gasteiger partial charge in [-0.15, -0.1) is 0 Å². The fourth-order valence-corrected chi connectivity index (χ4v) is 2.69. The summed E-state index contributed by atoms with van der Waals surface area (Å²) >= 11 is 0. The number of hydrogen-bond donors (Lipinski definition) is 0. The Hall–Kier alpha value is -1.43. The van der Waals surface area contributed by atoms with E-state index < -0.39 is 11.8 Å². The molecule has 0 aliphatic carbocycles. The van der Waals surface area contributed by atoms with Crippen molar-refractivity contribution in [2.24, 2.45) is 5.92 Å². The Kier molecular flexibility index (Phi) is 7.69. The lowest BCUT2D eigenvalue weighted by Crippen LogP contribution is -2.48. The Morgan fingerprint density at radius 3 is 2.54 bits per heavy atom. The van der Waals surface area contributed by atoms with Gasteiger partial charge in [0.1, 0.15) is 0 Å². The van der Waals surface area contributed by atoms with Crippen molar-refractivity contribution in [1.29, 1.82) is 0 Å². The average Bonchev–Trinajstić information content (AvgIpc) is 2.62. The minimum Gasteiger partial charge on any atom is -0.465 e. The number of rotatable bonds is 9. The second-order valence-electron chi connectivity index (χ2n) is 6.31. The van der Waals surface area contributed by atoms with Gasteiger partial charge >= 0.3 is 5.97 Å². The smallest absolute Gasteiger partial charge is 0.366 e. The summed E-state index contributed by atoms with van der Waals surface area (Å²) in [6.45, 7) is 4.15. The molecule has 134 valence electrons. The van der Waals surface area contributed by atoms with Crippen LogP contribution in [0.1, 0.15) is 38.2 Å². The Morgan fingerprint density at radius 2 is 1.88 bits per heavy atom. The Bertz CT molecular complexity index is 480. The highest BCUT2D eigenvalue weighted by Crippen LogP contribution is 2.25. The van der Waals surface area contributed by atoms with Gasteiger partial charge in [0.15, 0.2) is 0 Å². The lowest BCUT2D eigenvalue weighted by molar-refractivity contribution is -0.272. The van der Waals surface area contributed by atoms with Gasteiger partial charge in [-0.1, -0.05) is 43.2 Å². The van der Waals surface area contributed by atoms with Crippen molar-refractivity contribution in [2.75, 3.05) is 26.9 Å². The second-order valence-corrected chi connectivity index (χ2v) is 6.31. The third-order valence-electron chi connectivity index (χ3n) is 4.26. The molecule has 24 heavy (non-hydrogen) atoms. The van der Waals surface area contributed by atoms with Crippen molar-refractivity contribution in [3.63, 3.8) is 0 Å². The molecule has 0 amide bonds. The van der Waals surface area contributed by atoms with E-state index in [2.05, 4.69) is 12.1 Å². The van der Waals surface area contributed by atoms with Crippen LogP contribution in [0.2, 0.25) is 0 Å². The van der Waals surface area contributed by atoms with Crippen LogP contribution >= 0.6 is 0 Å². The number of carbonyl (C=O) groups is 1. The molecule has 0 unspecified atom stereocenters. The molecule has 1 saturated heterocycles. The fraction of sp³-hybridized carbons (Fsp3) is 0.632. The molecule has 1 aromatic rings. The van der Waals surface area contributed by atoms with E-state index in [0.717, 1.165) is 32.3 Å². The van der Waals surface area contributed by atoms with E-state index >= 15 is 0 Å². The Morgan fingerprint density at radius 1 is 1.17 bits per heavy atom. The van der Waals surface area contributed by atoms with Gasteiger partial charge in [-0.2, -0.15) is 0 Å². The van der Waals surface area contributed by atoms with Crippen LogP contribution in [0.15, 0.2) is 30.3 Å². The fourth-order valence-electron chi connectivity index (χ4n) is 2.69. The van der Waals surface area contributed by atoms with Crippen LogP contribution in [-0.2, 0) is 30.3 Å². The molecule has 1 fully saturated rings. The van der Waals surface area contributed by atoms with Gasteiger partial charge in [-0.05, 0) is 18.4 Å². The first-order valence-corrected chi connectivity index (χ1v) is 8.62. The average molecular weight is 336 g/mol. The summed E-state index contributed by atoms with van der Waals surface area (Å²) in [7, 11) is 1.34. The number of carbonyl (C=O) groups excluding carboxylic acids is 1. The summed E-state index contributed by atoms with van der Waals surface area (Å²) in [5.41, 5.74) is 1.21. The van der Waals surface area contributed by atoms with Crippen LogP contribution in [0.3, 0.4) is 0 Å². The van der Waals surface area contributed by atoms with Crippen molar-refractivity contribution in [1.82, 2.24) is 0 Å². The third-order valence-corrected chi connectivity index (χ3v) is 4.26. The normalized spacial score (nSPS) is 23.8. The topological polar surface area (TPSA) is 54.0 Å². The van der Waals surface area contributed by atoms with Crippen molar-refractivity contribution >= 4 is 5.97 Å². The molecule has 1 aromatic carbocycles. The predicted molar refractivity (Wildman–Crippen MR) is 90.4 cm³/mol. The quantitative estimate of drug-likeness (QED) is 0.511. The van der Waals surface area contributed by atoms with Crippen LogP contribution in [0.4, 0.5) is 0 Å². The van der Waals surface area contributed by atoms with Gasteiger partial charge in [-0.25, -0.2) is 4.79 Å². The molecule has 0 spiro atoms. The maximum atomic E-state index is 11.6. The van der Waals surface area contributed by atoms with Crippen LogP contribution in [-0.4, -0.2) is 38.7 Å². The summed E-state index contributed by atoms with van der Waals surface area (Å²) in [5, 5.41) is 0. The van der Waals surface area contributed by atoms with Gasteiger partial charge < -0.3 is 18.9 Å². The number of methoxy groups -OCH3 is 1. The number of ether oxygens (including phenoxy) is 4. The molecule has 0 aromatic heterocycles. The second kappa shape index (κ2) is 9.77. The van der Waals surface area contributed by atoms with Crippen molar-refractivity contribution in [3.8, 4) is 0 Å². The molecule has 0 N–H and O–H groups in total. The predicted octanol–water partition coefficient (Wildman–Crippen LogP) is 3.32. The molecule has 5 heteroatoms. The van der Waals surface area contributed by atoms with E-state index in [4.69, 9.17) is 18.9 Å². The summed E-state index contributed by atoms with van der Waals surface area (Å²) in [6.07, 6.45) is 4.33. The first-order valence-electron chi connectivity index (χ1n) is 8.62. The number of benzene rings is 1. The molecule has 0 radical (unpaired) electrons. The van der Waals surface area contributed by atoms with E-state index in [1.807, 2.05) is 18.2 Å². The highest BCUT2D eigenvalue weighted by Gasteiger charge is 2.41. The molecular weight excluding hydrogens is 308 g/mol. The Labute approximate surface area is 144 Å². The molecule has 1 aliphatic heterocycles. The van der Waals surface area contributed by atoms with E-state index in [1.165, 1.54) is 12.7 Å². The van der Waals surface area contributed by atoms with E-state index in [-0.39, 0.29) is 0 Å². The minimum atomic E-state index is -1.24. The lowest BCUT2D eigenvalue weighted by atomic mass is 10.0. The van der Waals surface area contributed by atoms with Crippen LogP contribution in [0.5, 0.6) is 0 Å². The standard InChI is InChI=1S/C19H28O5/c1-19(18(20)21-2)23-14-17(15-24-19)11-7-4-8-12-22-13-16-9-5-3-6-10-16/h3,5-6,9-10,17H,4,7-8,11-15H2,1-2H3. The highest BCUT2D eigenvalue weighted by atomic mass is 16.7. The zero-order valence-electron chi connectivity index (χ0n) is 14.7. The monoisotopic (exact) mass is 336 g/mol. The summed E-state index contributed by atoms with van der Waals surface area (Å²) in [4.78, 5) is 11.6. The van der Waals surface area contributed by atoms with Gasteiger partial charge in [-0.3, -0.25) is 0 Å². The molecule has 0 bridgehead atoms. The van der Waals surface area contributed by atoms with E-state index in [1.54, 1.807) is 6.92 Å². The molecule has 2 rings (SSSR count). The van der Waals surface area contributed by atoms with Gasteiger partial charge in [0, 0.05) is 19.4 Å². The largest absolute Gasteiger partial charge is 0.465 e. The molecule has 1 heterocycles. The van der Waals surface area contributed by atoms with Gasteiger partial charge in [0.2, 0.25) is 0 Å². The zero-order chi connectivity index (χ0) is 17.3. The number of unbranched alkanes of at least 4 members (excludes halogenated alkanes) is 2. The molecular formula is C19H28O5. The highest BCUT2D eigenvalue weighted by molar-refractivity contribution is 5.77. The molecule has 0 atom stereocenters. The van der Waals surface area contributed by atoms with Crippen molar-refractivity contribution in [2.45, 2.75) is 45.0 Å². The zero-order valence-corrected chi connectivity index (χ0v) is 14.7. The number of esters is 1. The van der Waals surface area contributed by atoms with Gasteiger partial charge in [0.25, 0.3) is 5.79 Å². The van der Waals surface area contributed by atoms with Crippen LogP contribution < -0.4 is 0 Å². The maximum Gasteiger partial charge on any atom is 0.366 e. The third kappa shape index (κ3) is 5.89. The van der Waals surface area contributed by atoms with Crippen LogP contribution in [0.25, 0.3) is 0 Å². The van der Waals surface area contributed by atoms with Gasteiger partial charge in [0.05, 0.1) is 26.9 Å². The molecule has 0 saturated carbocycles. The summed E-state index contributed by atoms with van der Waals surface area (Å²) in [6, 6.07) is 10.2. The summed E-state index contributed by atoms with van der Waals surface area (Å²) < 4.78 is 21.5. The molecule has 5 nitrogen and oxygen atoms in total. The maximum absolute atomic E-state index is 11.6. The summed E-state index contributed by atoms with van der Waals surface area (Å²) in [5.74, 6) is -1.37. The lowest BCUT2D eigenvalue weighted by Gasteiger charge is -2.35. The minimum absolute atomic E-state index is 0.341. The number of hydrogen-bond acceptors (Lipinski definition) is 5. The van der Waals surface area contributed by atoms with E-state index in [9.17, 15) is 4.79 Å². The van der Waals surface area contributed by atoms with Crippen molar-refractivity contribution < 1.29 is 23.7 Å². The van der Waals surface area contributed by atoms with Crippen molar-refractivity contribution in [3.05, 3.63) is 35.9 Å². The van der Waals surface area contributed by atoms with E-state index in [0.29, 0.717) is 25.7 Å². The first-order chi connectivity index (χ1) is 11.6. The molecule has 1 aliphatic rings. The SMILES string of the molecule is COC(=O)C1(C)OCC(CCCCCOCc2ccccc2)CO1. The van der Waals surface area contributed by atoms with Crippen LogP contribution in [0, 0.1) is 5.92 Å². The first kappa shape index (κ1) is 18.9.